The molecule has 1 unspecified atom stereocenters. The summed E-state index contributed by atoms with van der Waals surface area (Å²) in [5.74, 6) is 0. The van der Waals surface area contributed by atoms with Crippen molar-refractivity contribution in [1.29, 1.82) is 0 Å². The molecule has 0 aliphatic carbocycles. The third-order valence-electron chi connectivity index (χ3n) is 2.20. The number of hydrogen-bond donors (Lipinski definition) is 1. The summed E-state index contributed by atoms with van der Waals surface area (Å²) in [4.78, 5) is 0. The van der Waals surface area contributed by atoms with Crippen molar-refractivity contribution in [3.63, 3.8) is 0 Å². The van der Waals surface area contributed by atoms with Crippen LogP contribution in [0.1, 0.15) is 24.9 Å². The third-order valence-corrected chi connectivity index (χ3v) is 2.73. The minimum absolute atomic E-state index is 0.00657. The van der Waals surface area contributed by atoms with Gasteiger partial charge in [-0.1, -0.05) is 35.0 Å². The normalized spacial score (nSPS) is 13.1. The quantitative estimate of drug-likeness (QED) is 0.864. The standard InChI is InChI=1S/C11H14BrF2N/c1-2-10(15-7-11(13)14)8-3-5-9(12)6-4-8/h3-6,10-11,15H,2,7H2,1H3. The lowest BCUT2D eigenvalue weighted by molar-refractivity contribution is 0.141. The SMILES string of the molecule is CCC(NCC(F)F)c1ccc(Br)cc1. The topological polar surface area (TPSA) is 12.0 Å². The van der Waals surface area contributed by atoms with Gasteiger partial charge in [0, 0.05) is 10.5 Å². The maximum absolute atomic E-state index is 12.0. The second-order valence-electron chi connectivity index (χ2n) is 3.31. The molecule has 84 valence electrons. The van der Waals surface area contributed by atoms with Gasteiger partial charge in [-0.15, -0.1) is 0 Å². The molecule has 0 spiro atoms. The zero-order valence-electron chi connectivity index (χ0n) is 8.51. The van der Waals surface area contributed by atoms with E-state index in [4.69, 9.17) is 0 Å². The van der Waals surface area contributed by atoms with Crippen molar-refractivity contribution in [1.82, 2.24) is 5.32 Å². The lowest BCUT2D eigenvalue weighted by Gasteiger charge is -2.17. The van der Waals surface area contributed by atoms with Gasteiger partial charge >= 0.3 is 0 Å². The summed E-state index contributed by atoms with van der Waals surface area (Å²) in [6, 6.07) is 7.73. The van der Waals surface area contributed by atoms with Gasteiger partial charge in [-0.05, 0) is 24.1 Å². The molecule has 1 rings (SSSR count). The highest BCUT2D eigenvalue weighted by Gasteiger charge is 2.10. The number of nitrogens with one attached hydrogen (secondary N) is 1. The average Bonchev–Trinajstić information content (AvgIpc) is 2.21. The highest BCUT2D eigenvalue weighted by molar-refractivity contribution is 9.10. The zero-order valence-corrected chi connectivity index (χ0v) is 10.1. The van der Waals surface area contributed by atoms with Crippen molar-refractivity contribution in [2.45, 2.75) is 25.8 Å². The van der Waals surface area contributed by atoms with Crippen molar-refractivity contribution in [3.8, 4) is 0 Å². The van der Waals surface area contributed by atoms with Crippen LogP contribution in [0, 0.1) is 0 Å². The Morgan fingerprint density at radius 3 is 2.33 bits per heavy atom. The van der Waals surface area contributed by atoms with Crippen LogP contribution in [-0.2, 0) is 0 Å². The summed E-state index contributed by atoms with van der Waals surface area (Å²) in [6.45, 7) is 1.72. The van der Waals surface area contributed by atoms with E-state index >= 15 is 0 Å². The Hall–Kier alpha value is -0.480. The predicted octanol–water partition coefficient (Wildman–Crippen LogP) is 3.75. The maximum atomic E-state index is 12.0. The summed E-state index contributed by atoms with van der Waals surface area (Å²) in [7, 11) is 0. The monoisotopic (exact) mass is 277 g/mol. The average molecular weight is 278 g/mol. The minimum Gasteiger partial charge on any atom is -0.305 e. The van der Waals surface area contributed by atoms with Crippen molar-refractivity contribution < 1.29 is 8.78 Å². The fourth-order valence-corrected chi connectivity index (χ4v) is 1.69. The summed E-state index contributed by atoms with van der Waals surface area (Å²) in [5.41, 5.74) is 1.04. The molecule has 1 aromatic rings. The predicted molar refractivity (Wildman–Crippen MR) is 61.2 cm³/mol. The molecule has 0 aliphatic heterocycles. The number of benzene rings is 1. The van der Waals surface area contributed by atoms with Gasteiger partial charge in [0.1, 0.15) is 0 Å². The number of alkyl halides is 2. The Bertz CT molecular complexity index is 287. The number of rotatable bonds is 5. The maximum Gasteiger partial charge on any atom is 0.250 e. The molecule has 15 heavy (non-hydrogen) atoms. The first-order valence-electron chi connectivity index (χ1n) is 4.90. The van der Waals surface area contributed by atoms with Crippen LogP contribution in [0.4, 0.5) is 8.78 Å². The molecule has 1 aromatic carbocycles. The van der Waals surface area contributed by atoms with E-state index in [2.05, 4.69) is 21.2 Å². The highest BCUT2D eigenvalue weighted by Crippen LogP contribution is 2.19. The molecule has 1 nitrogen and oxygen atoms in total. The number of halogens is 3. The smallest absolute Gasteiger partial charge is 0.250 e. The van der Waals surface area contributed by atoms with Gasteiger partial charge < -0.3 is 5.32 Å². The fraction of sp³-hybridized carbons (Fsp3) is 0.455. The molecule has 0 amide bonds. The first kappa shape index (κ1) is 12.6. The lowest BCUT2D eigenvalue weighted by atomic mass is 10.1. The molecule has 0 heterocycles. The van der Waals surface area contributed by atoms with Gasteiger partial charge in [0.2, 0.25) is 0 Å². The van der Waals surface area contributed by atoms with E-state index < -0.39 is 6.43 Å². The lowest BCUT2D eigenvalue weighted by Crippen LogP contribution is -2.26. The van der Waals surface area contributed by atoms with Crippen molar-refractivity contribution in [3.05, 3.63) is 34.3 Å². The van der Waals surface area contributed by atoms with Gasteiger partial charge in [0.25, 0.3) is 6.43 Å². The van der Waals surface area contributed by atoms with Crippen LogP contribution >= 0.6 is 15.9 Å². The molecular formula is C11H14BrF2N. The zero-order chi connectivity index (χ0) is 11.3. The summed E-state index contributed by atoms with van der Waals surface area (Å²) >= 11 is 3.34. The second kappa shape index (κ2) is 6.18. The molecular weight excluding hydrogens is 264 g/mol. The van der Waals surface area contributed by atoms with Crippen molar-refractivity contribution in [2.24, 2.45) is 0 Å². The molecule has 0 bridgehead atoms. The van der Waals surface area contributed by atoms with Gasteiger partial charge in [-0.2, -0.15) is 0 Å². The van der Waals surface area contributed by atoms with E-state index in [0.717, 1.165) is 16.5 Å². The Morgan fingerprint density at radius 1 is 1.27 bits per heavy atom. The number of hydrogen-bond acceptors (Lipinski definition) is 1. The van der Waals surface area contributed by atoms with Crippen LogP contribution in [0.5, 0.6) is 0 Å². The summed E-state index contributed by atoms with van der Waals surface area (Å²) in [5, 5.41) is 2.84. The van der Waals surface area contributed by atoms with E-state index in [0.29, 0.717) is 0 Å². The van der Waals surface area contributed by atoms with Gasteiger partial charge in [0.05, 0.1) is 6.54 Å². The Balaban J connectivity index is 2.61. The molecule has 0 radical (unpaired) electrons. The van der Waals surface area contributed by atoms with Crippen LogP contribution in [0.25, 0.3) is 0 Å². The largest absolute Gasteiger partial charge is 0.305 e. The van der Waals surface area contributed by atoms with Crippen molar-refractivity contribution in [2.75, 3.05) is 6.54 Å². The first-order chi connectivity index (χ1) is 7.13. The third kappa shape index (κ3) is 4.26. The highest BCUT2D eigenvalue weighted by atomic mass is 79.9. The van der Waals surface area contributed by atoms with Crippen LogP contribution in [0.2, 0.25) is 0 Å². The van der Waals surface area contributed by atoms with Crippen LogP contribution < -0.4 is 5.32 Å². The van der Waals surface area contributed by atoms with Gasteiger partial charge in [0.15, 0.2) is 0 Å². The molecule has 4 heteroatoms. The van der Waals surface area contributed by atoms with Crippen LogP contribution in [0.3, 0.4) is 0 Å². The minimum atomic E-state index is -2.30. The molecule has 1 N–H and O–H groups in total. The first-order valence-corrected chi connectivity index (χ1v) is 5.69. The van der Waals surface area contributed by atoms with E-state index in [-0.39, 0.29) is 12.6 Å². The molecule has 1 atom stereocenters. The van der Waals surface area contributed by atoms with Gasteiger partial charge in [-0.3, -0.25) is 0 Å². The molecule has 0 saturated carbocycles. The molecule has 0 saturated heterocycles. The molecule has 0 aromatic heterocycles. The summed E-state index contributed by atoms with van der Waals surface area (Å²) in [6.07, 6.45) is -1.50. The second-order valence-corrected chi connectivity index (χ2v) is 4.23. The fourth-order valence-electron chi connectivity index (χ4n) is 1.42. The Morgan fingerprint density at radius 2 is 1.87 bits per heavy atom. The van der Waals surface area contributed by atoms with Crippen LogP contribution in [0.15, 0.2) is 28.7 Å². The molecule has 0 aliphatic rings. The Kier molecular flexibility index (Phi) is 5.19. The van der Waals surface area contributed by atoms with Crippen molar-refractivity contribution >= 4 is 15.9 Å². The van der Waals surface area contributed by atoms with Crippen LogP contribution in [-0.4, -0.2) is 13.0 Å². The molecule has 0 fully saturated rings. The Labute approximate surface area is 97.0 Å². The van der Waals surface area contributed by atoms with E-state index in [1.54, 1.807) is 0 Å². The van der Waals surface area contributed by atoms with E-state index in [1.807, 2.05) is 31.2 Å². The van der Waals surface area contributed by atoms with E-state index in [9.17, 15) is 8.78 Å². The van der Waals surface area contributed by atoms with E-state index in [1.165, 1.54) is 0 Å². The summed E-state index contributed by atoms with van der Waals surface area (Å²) < 4.78 is 25.1. The van der Waals surface area contributed by atoms with Gasteiger partial charge in [-0.25, -0.2) is 8.78 Å².